The molecule has 0 fully saturated rings. The van der Waals surface area contributed by atoms with E-state index in [4.69, 9.17) is 39.5 Å². The largest absolute Gasteiger partial charge is 0.497 e. The second-order valence-electron chi connectivity index (χ2n) is 6.23. The van der Waals surface area contributed by atoms with E-state index < -0.39 is 0 Å². The number of carbonyl (C=O) groups is 1. The van der Waals surface area contributed by atoms with E-state index in [1.54, 1.807) is 55.6 Å². The Kier molecular flexibility index (Phi) is 6.84. The number of halogens is 3. The molecule has 0 aliphatic rings. The minimum atomic E-state index is -0.260. The summed E-state index contributed by atoms with van der Waals surface area (Å²) < 4.78 is 5.15. The summed E-state index contributed by atoms with van der Waals surface area (Å²) >= 11 is 18.1. The van der Waals surface area contributed by atoms with Crippen LogP contribution in [0.2, 0.25) is 15.1 Å². The van der Waals surface area contributed by atoms with Crippen LogP contribution in [-0.2, 0) is 0 Å². The summed E-state index contributed by atoms with van der Waals surface area (Å²) in [4.78, 5) is 12.9. The Bertz CT molecular complexity index is 957. The molecular weight excluding hydrogens is 417 g/mol. The number of ketones is 1. The fraction of sp³-hybridized carbons (Fsp3) is 0.136. The maximum Gasteiger partial charge on any atom is 0.165 e. The zero-order valence-corrected chi connectivity index (χ0v) is 17.4. The highest BCUT2D eigenvalue weighted by atomic mass is 35.5. The van der Waals surface area contributed by atoms with Gasteiger partial charge in [0.05, 0.1) is 23.2 Å². The van der Waals surface area contributed by atoms with Crippen LogP contribution in [0.3, 0.4) is 0 Å². The number of Topliss-reactive ketones (excluding diaryl/α,β-unsaturated/α-hetero) is 1. The van der Waals surface area contributed by atoms with Crippen molar-refractivity contribution in [3.05, 3.63) is 92.9 Å². The van der Waals surface area contributed by atoms with Crippen LogP contribution in [0.5, 0.6) is 5.75 Å². The van der Waals surface area contributed by atoms with Crippen molar-refractivity contribution < 1.29 is 9.53 Å². The van der Waals surface area contributed by atoms with Crippen molar-refractivity contribution in [2.24, 2.45) is 0 Å². The zero-order valence-electron chi connectivity index (χ0n) is 15.1. The first-order valence-electron chi connectivity index (χ1n) is 8.60. The predicted octanol–water partition coefficient (Wildman–Crippen LogP) is 7.08. The highest BCUT2D eigenvalue weighted by Gasteiger charge is 2.18. The molecule has 1 atom stereocenters. The molecule has 1 N–H and O–H groups in total. The van der Waals surface area contributed by atoms with Gasteiger partial charge in [-0.1, -0.05) is 46.9 Å². The molecule has 28 heavy (non-hydrogen) atoms. The minimum absolute atomic E-state index is 0.00941. The summed E-state index contributed by atoms with van der Waals surface area (Å²) in [5.74, 6) is 0.717. The molecule has 0 amide bonds. The van der Waals surface area contributed by atoms with Crippen LogP contribution in [0.25, 0.3) is 0 Å². The van der Waals surface area contributed by atoms with Gasteiger partial charge < -0.3 is 10.1 Å². The summed E-state index contributed by atoms with van der Waals surface area (Å²) in [6, 6.07) is 19.5. The number of carbonyl (C=O) groups excluding carboxylic acids is 1. The Hall–Kier alpha value is -2.20. The van der Waals surface area contributed by atoms with E-state index in [1.165, 1.54) is 0 Å². The van der Waals surface area contributed by atoms with E-state index in [1.807, 2.05) is 18.2 Å². The van der Waals surface area contributed by atoms with Crippen LogP contribution >= 0.6 is 34.8 Å². The normalized spacial score (nSPS) is 11.7. The first-order chi connectivity index (χ1) is 13.5. The number of hydrogen-bond acceptors (Lipinski definition) is 3. The van der Waals surface area contributed by atoms with Crippen molar-refractivity contribution in [1.29, 1.82) is 0 Å². The first-order valence-corrected chi connectivity index (χ1v) is 9.74. The number of hydrogen-bond donors (Lipinski definition) is 1. The molecule has 3 nitrogen and oxygen atoms in total. The molecule has 0 saturated heterocycles. The van der Waals surface area contributed by atoms with E-state index in [0.717, 1.165) is 11.3 Å². The number of anilines is 1. The molecule has 0 heterocycles. The molecule has 3 aromatic carbocycles. The fourth-order valence-corrected chi connectivity index (χ4v) is 3.24. The van der Waals surface area contributed by atoms with E-state index in [0.29, 0.717) is 26.4 Å². The molecule has 0 aromatic heterocycles. The van der Waals surface area contributed by atoms with Crippen molar-refractivity contribution in [2.45, 2.75) is 12.5 Å². The molecule has 144 valence electrons. The molecular formula is C22H18Cl3NO2. The Balaban J connectivity index is 1.85. The Labute approximate surface area is 179 Å². The van der Waals surface area contributed by atoms with E-state index >= 15 is 0 Å². The van der Waals surface area contributed by atoms with Crippen molar-refractivity contribution in [1.82, 2.24) is 0 Å². The molecule has 0 aliphatic heterocycles. The highest BCUT2D eigenvalue weighted by molar-refractivity contribution is 6.42. The number of ether oxygens (including phenoxy) is 1. The van der Waals surface area contributed by atoms with Gasteiger partial charge in [0, 0.05) is 22.7 Å². The fourth-order valence-electron chi connectivity index (χ4n) is 2.81. The average molecular weight is 435 g/mol. The van der Waals surface area contributed by atoms with Gasteiger partial charge in [-0.05, 0) is 60.2 Å². The summed E-state index contributed by atoms with van der Waals surface area (Å²) in [7, 11) is 1.59. The third kappa shape index (κ3) is 5.20. The third-order valence-corrected chi connectivity index (χ3v) is 5.33. The van der Waals surface area contributed by atoms with Gasteiger partial charge in [0.25, 0.3) is 0 Å². The lowest BCUT2D eigenvalue weighted by atomic mass is 9.97. The van der Waals surface area contributed by atoms with Crippen molar-refractivity contribution >= 4 is 46.3 Å². The number of methoxy groups -OCH3 is 1. The van der Waals surface area contributed by atoms with Crippen molar-refractivity contribution in [3.63, 3.8) is 0 Å². The van der Waals surface area contributed by atoms with Crippen molar-refractivity contribution in [3.8, 4) is 5.75 Å². The van der Waals surface area contributed by atoms with E-state index in [9.17, 15) is 4.79 Å². The quantitative estimate of drug-likeness (QED) is 0.404. The second kappa shape index (κ2) is 9.33. The average Bonchev–Trinajstić information content (AvgIpc) is 2.71. The maximum atomic E-state index is 12.9. The van der Waals surface area contributed by atoms with E-state index in [-0.39, 0.29) is 18.2 Å². The molecule has 0 bridgehead atoms. The number of benzene rings is 3. The molecule has 3 aromatic rings. The minimum Gasteiger partial charge on any atom is -0.497 e. The summed E-state index contributed by atoms with van der Waals surface area (Å²) in [6.45, 7) is 0. The predicted molar refractivity (Wildman–Crippen MR) is 116 cm³/mol. The molecule has 0 aliphatic carbocycles. The molecule has 0 radical (unpaired) electrons. The van der Waals surface area contributed by atoms with Crippen LogP contribution < -0.4 is 10.1 Å². The van der Waals surface area contributed by atoms with Gasteiger partial charge in [-0.3, -0.25) is 4.79 Å². The monoisotopic (exact) mass is 433 g/mol. The first kappa shape index (κ1) is 20.5. The molecule has 6 heteroatoms. The SMILES string of the molecule is COc1ccc(C(=O)CC(Nc2ccc(Cl)c(Cl)c2)c2ccc(Cl)cc2)cc1. The maximum absolute atomic E-state index is 12.9. The number of rotatable bonds is 7. The highest BCUT2D eigenvalue weighted by Crippen LogP contribution is 2.30. The lowest BCUT2D eigenvalue weighted by Crippen LogP contribution is -2.16. The Morgan fingerprint density at radius 3 is 2.21 bits per heavy atom. The summed E-state index contributed by atoms with van der Waals surface area (Å²) in [5.41, 5.74) is 2.34. The topological polar surface area (TPSA) is 38.3 Å². The summed E-state index contributed by atoms with van der Waals surface area (Å²) in [5, 5.41) is 4.94. The van der Waals surface area contributed by atoms with Crippen LogP contribution in [0, 0.1) is 0 Å². The lowest BCUT2D eigenvalue weighted by molar-refractivity contribution is 0.0976. The summed E-state index contributed by atoms with van der Waals surface area (Å²) in [6.07, 6.45) is 0.258. The van der Waals surface area contributed by atoms with E-state index in [2.05, 4.69) is 5.32 Å². The second-order valence-corrected chi connectivity index (χ2v) is 7.48. The lowest BCUT2D eigenvalue weighted by Gasteiger charge is -2.20. The Morgan fingerprint density at radius 1 is 0.929 bits per heavy atom. The van der Waals surface area contributed by atoms with Gasteiger partial charge in [0.1, 0.15) is 5.75 Å². The smallest absolute Gasteiger partial charge is 0.165 e. The molecule has 0 spiro atoms. The Morgan fingerprint density at radius 2 is 1.61 bits per heavy atom. The third-order valence-electron chi connectivity index (χ3n) is 4.33. The van der Waals surface area contributed by atoms with Gasteiger partial charge in [-0.15, -0.1) is 0 Å². The molecule has 0 saturated carbocycles. The standard InChI is InChI=1S/C22H18Cl3NO2/c1-28-18-9-4-15(5-10-18)22(27)13-21(14-2-6-16(23)7-3-14)26-17-8-11-19(24)20(25)12-17/h2-12,21,26H,13H2,1H3. The number of nitrogens with one attached hydrogen (secondary N) is 1. The molecule has 3 rings (SSSR count). The van der Waals surface area contributed by atoms with Crippen LogP contribution in [0.1, 0.15) is 28.4 Å². The van der Waals surface area contributed by atoms with Gasteiger partial charge >= 0.3 is 0 Å². The van der Waals surface area contributed by atoms with Crippen molar-refractivity contribution in [2.75, 3.05) is 12.4 Å². The van der Waals surface area contributed by atoms with Crippen LogP contribution in [0.4, 0.5) is 5.69 Å². The van der Waals surface area contributed by atoms with Gasteiger partial charge in [0.15, 0.2) is 5.78 Å². The van der Waals surface area contributed by atoms with Crippen LogP contribution in [-0.4, -0.2) is 12.9 Å². The van der Waals surface area contributed by atoms with Gasteiger partial charge in [-0.2, -0.15) is 0 Å². The van der Waals surface area contributed by atoms with Gasteiger partial charge in [-0.25, -0.2) is 0 Å². The van der Waals surface area contributed by atoms with Crippen LogP contribution in [0.15, 0.2) is 66.7 Å². The zero-order chi connectivity index (χ0) is 20.1. The van der Waals surface area contributed by atoms with Gasteiger partial charge in [0.2, 0.25) is 0 Å². The molecule has 1 unspecified atom stereocenters.